The average Bonchev–Trinajstić information content (AvgIpc) is 2.79. The number of ether oxygens (including phenoxy) is 1. The number of nitrogens with one attached hydrogen (secondary N) is 1. The summed E-state index contributed by atoms with van der Waals surface area (Å²) in [7, 11) is 0. The summed E-state index contributed by atoms with van der Waals surface area (Å²) in [5.74, 6) is -1.30. The molecule has 1 aromatic heterocycles. The van der Waals surface area contributed by atoms with Gasteiger partial charge in [0, 0.05) is 10.2 Å². The molecule has 6 heteroatoms. The van der Waals surface area contributed by atoms with Crippen molar-refractivity contribution in [2.24, 2.45) is 0 Å². The van der Waals surface area contributed by atoms with Crippen LogP contribution in [0.2, 0.25) is 0 Å². The molecule has 118 valence electrons. The molecule has 1 N–H and O–H groups in total. The summed E-state index contributed by atoms with van der Waals surface area (Å²) in [5, 5.41) is 3.39. The molecule has 1 aromatic carbocycles. The Bertz CT molecular complexity index is 718. The lowest BCUT2D eigenvalue weighted by molar-refractivity contribution is -0.130. The first-order chi connectivity index (χ1) is 10.2. The molecule has 0 aliphatic heterocycles. The van der Waals surface area contributed by atoms with E-state index >= 15 is 0 Å². The van der Waals surface area contributed by atoms with Crippen LogP contribution in [0.5, 0.6) is 0 Å². The van der Waals surface area contributed by atoms with Gasteiger partial charge in [0.1, 0.15) is 10.7 Å². The van der Waals surface area contributed by atoms with Crippen LogP contribution in [-0.4, -0.2) is 23.5 Å². The second-order valence-electron chi connectivity index (χ2n) is 6.08. The second-order valence-corrected chi connectivity index (χ2v) is 7.16. The van der Waals surface area contributed by atoms with Crippen LogP contribution < -0.4 is 5.32 Å². The minimum Gasteiger partial charge on any atom is -0.448 e. The van der Waals surface area contributed by atoms with Crippen LogP contribution in [-0.2, 0) is 9.53 Å². The van der Waals surface area contributed by atoms with Gasteiger partial charge >= 0.3 is 5.97 Å². The van der Waals surface area contributed by atoms with E-state index in [-0.39, 0.29) is 11.7 Å². The summed E-state index contributed by atoms with van der Waals surface area (Å²) >= 11 is 1.21. The van der Waals surface area contributed by atoms with Gasteiger partial charge in [0.25, 0.3) is 5.91 Å². The van der Waals surface area contributed by atoms with E-state index in [4.69, 9.17) is 4.74 Å². The Morgan fingerprint density at radius 2 is 1.95 bits per heavy atom. The number of benzene rings is 1. The molecule has 22 heavy (non-hydrogen) atoms. The van der Waals surface area contributed by atoms with Crippen LogP contribution in [0.25, 0.3) is 10.1 Å². The lowest BCUT2D eigenvalue weighted by Crippen LogP contribution is -2.46. The number of fused-ring (bicyclic) bond motifs is 1. The first-order valence-corrected chi connectivity index (χ1v) is 7.69. The number of amides is 1. The van der Waals surface area contributed by atoms with E-state index in [9.17, 15) is 14.0 Å². The lowest BCUT2D eigenvalue weighted by atomic mass is 10.1. The van der Waals surface area contributed by atoms with Crippen molar-refractivity contribution in [2.45, 2.75) is 39.3 Å². The molecule has 0 saturated carbocycles. The summed E-state index contributed by atoms with van der Waals surface area (Å²) in [6, 6.07) is 5.88. The molecule has 1 heterocycles. The fraction of sp³-hybridized carbons (Fsp3) is 0.375. The molecule has 0 aliphatic carbocycles. The van der Waals surface area contributed by atoms with E-state index in [1.54, 1.807) is 12.1 Å². The maximum atomic E-state index is 13.2. The summed E-state index contributed by atoms with van der Waals surface area (Å²) in [5.41, 5.74) is -0.396. The van der Waals surface area contributed by atoms with Gasteiger partial charge in [-0.25, -0.2) is 9.18 Å². The molecule has 0 aliphatic rings. The van der Waals surface area contributed by atoms with Gasteiger partial charge in [-0.15, -0.1) is 11.3 Å². The summed E-state index contributed by atoms with van der Waals surface area (Å²) in [6.45, 7) is 7.06. The smallest absolute Gasteiger partial charge is 0.349 e. The van der Waals surface area contributed by atoms with Crippen LogP contribution in [0.3, 0.4) is 0 Å². The van der Waals surface area contributed by atoms with Gasteiger partial charge in [0.05, 0.1) is 0 Å². The first-order valence-electron chi connectivity index (χ1n) is 6.88. The van der Waals surface area contributed by atoms with E-state index in [2.05, 4.69) is 5.32 Å². The van der Waals surface area contributed by atoms with Crippen molar-refractivity contribution in [3.8, 4) is 0 Å². The Balaban J connectivity index is 2.08. The van der Waals surface area contributed by atoms with Crippen LogP contribution in [0.15, 0.2) is 24.3 Å². The van der Waals surface area contributed by atoms with Gasteiger partial charge in [-0.05, 0) is 57.3 Å². The van der Waals surface area contributed by atoms with Crippen molar-refractivity contribution in [3.05, 3.63) is 35.0 Å². The highest BCUT2D eigenvalue weighted by Crippen LogP contribution is 2.27. The number of thiophene rings is 1. The summed E-state index contributed by atoms with van der Waals surface area (Å²) in [6.07, 6.45) is -0.895. The molecule has 2 aromatic rings. The van der Waals surface area contributed by atoms with Crippen LogP contribution in [0, 0.1) is 5.82 Å². The Morgan fingerprint density at radius 3 is 2.59 bits per heavy atom. The molecule has 2 rings (SSSR count). The zero-order chi connectivity index (χ0) is 16.5. The standard InChI is InChI=1S/C16H18FNO3S/c1-9(14(19)18-16(2,3)4)21-15(20)13-8-10-7-11(17)5-6-12(10)22-13/h5-9H,1-4H3,(H,18,19)/t9-/m0/s1. The highest BCUT2D eigenvalue weighted by Gasteiger charge is 2.23. The van der Waals surface area contributed by atoms with Crippen molar-refractivity contribution in [1.29, 1.82) is 0 Å². The van der Waals surface area contributed by atoms with E-state index < -0.39 is 17.6 Å². The van der Waals surface area contributed by atoms with E-state index in [0.29, 0.717) is 10.3 Å². The fourth-order valence-electron chi connectivity index (χ4n) is 1.86. The minimum absolute atomic E-state index is 0.344. The van der Waals surface area contributed by atoms with E-state index in [0.717, 1.165) is 4.70 Å². The van der Waals surface area contributed by atoms with Gasteiger partial charge < -0.3 is 10.1 Å². The zero-order valence-electron chi connectivity index (χ0n) is 12.9. The van der Waals surface area contributed by atoms with E-state index in [1.807, 2.05) is 20.8 Å². The normalized spacial score (nSPS) is 13.0. The topological polar surface area (TPSA) is 55.4 Å². The van der Waals surface area contributed by atoms with Crippen LogP contribution in [0.1, 0.15) is 37.4 Å². The summed E-state index contributed by atoms with van der Waals surface area (Å²) < 4.78 is 19.1. The Labute approximate surface area is 132 Å². The van der Waals surface area contributed by atoms with Gasteiger partial charge in [0.15, 0.2) is 6.10 Å². The molecule has 0 saturated heterocycles. The number of carbonyl (C=O) groups is 2. The van der Waals surface area contributed by atoms with Gasteiger partial charge in [-0.1, -0.05) is 0 Å². The SMILES string of the molecule is C[C@H](OC(=O)c1cc2cc(F)ccc2s1)C(=O)NC(C)(C)C. The highest BCUT2D eigenvalue weighted by molar-refractivity contribution is 7.20. The predicted octanol–water partition coefficient (Wildman–Crippen LogP) is 3.50. The molecular weight excluding hydrogens is 305 g/mol. The molecule has 4 nitrogen and oxygen atoms in total. The number of hydrogen-bond acceptors (Lipinski definition) is 4. The number of esters is 1. The predicted molar refractivity (Wildman–Crippen MR) is 84.6 cm³/mol. The molecule has 0 unspecified atom stereocenters. The molecule has 1 atom stereocenters. The third-order valence-corrected chi connectivity index (χ3v) is 3.93. The van der Waals surface area contributed by atoms with Crippen molar-refractivity contribution < 1.29 is 18.7 Å². The van der Waals surface area contributed by atoms with Gasteiger partial charge in [-0.3, -0.25) is 4.79 Å². The fourth-order valence-corrected chi connectivity index (χ4v) is 2.78. The first kappa shape index (κ1) is 16.4. The molecular formula is C16H18FNO3S. The molecule has 0 spiro atoms. The third kappa shape index (κ3) is 4.04. The van der Waals surface area contributed by atoms with Crippen molar-refractivity contribution in [2.75, 3.05) is 0 Å². The third-order valence-electron chi connectivity index (χ3n) is 2.83. The Morgan fingerprint density at radius 1 is 1.27 bits per heavy atom. The summed E-state index contributed by atoms with van der Waals surface area (Å²) in [4.78, 5) is 24.3. The van der Waals surface area contributed by atoms with Crippen LogP contribution >= 0.6 is 11.3 Å². The van der Waals surface area contributed by atoms with Gasteiger partial charge in [-0.2, -0.15) is 0 Å². The van der Waals surface area contributed by atoms with Crippen LogP contribution in [0.4, 0.5) is 4.39 Å². The van der Waals surface area contributed by atoms with Crippen molar-refractivity contribution in [3.63, 3.8) is 0 Å². The Kier molecular flexibility index (Phi) is 4.51. The monoisotopic (exact) mass is 323 g/mol. The quantitative estimate of drug-likeness (QED) is 0.880. The molecule has 0 fully saturated rings. The minimum atomic E-state index is -0.895. The maximum absolute atomic E-state index is 13.2. The second kappa shape index (κ2) is 6.04. The maximum Gasteiger partial charge on any atom is 0.349 e. The van der Waals surface area contributed by atoms with E-state index in [1.165, 1.54) is 30.4 Å². The Hall–Kier alpha value is -1.95. The molecule has 1 amide bonds. The number of hydrogen-bond donors (Lipinski definition) is 1. The lowest BCUT2D eigenvalue weighted by Gasteiger charge is -2.23. The number of carbonyl (C=O) groups excluding carboxylic acids is 2. The molecule has 0 radical (unpaired) electrons. The largest absolute Gasteiger partial charge is 0.448 e. The van der Waals surface area contributed by atoms with Crippen molar-refractivity contribution in [1.82, 2.24) is 5.32 Å². The zero-order valence-corrected chi connectivity index (χ0v) is 13.7. The average molecular weight is 323 g/mol. The van der Waals surface area contributed by atoms with Gasteiger partial charge in [0.2, 0.25) is 0 Å². The number of halogens is 1. The van der Waals surface area contributed by atoms with Crippen molar-refractivity contribution >= 4 is 33.3 Å². The number of rotatable bonds is 3. The molecule has 0 bridgehead atoms. The highest BCUT2D eigenvalue weighted by atomic mass is 32.1.